The zero-order valence-electron chi connectivity index (χ0n) is 9.42. The Bertz CT molecular complexity index is 482. The lowest BCUT2D eigenvalue weighted by atomic mass is 10.2. The van der Waals surface area contributed by atoms with Gasteiger partial charge in [-0.2, -0.15) is 0 Å². The van der Waals surface area contributed by atoms with Crippen molar-refractivity contribution in [3.8, 4) is 0 Å². The van der Waals surface area contributed by atoms with Crippen molar-refractivity contribution in [3.63, 3.8) is 0 Å². The van der Waals surface area contributed by atoms with Gasteiger partial charge in [0.25, 0.3) is 0 Å². The van der Waals surface area contributed by atoms with Gasteiger partial charge < -0.3 is 9.84 Å². The number of aliphatic hydroxyl groups is 1. The van der Waals surface area contributed by atoms with Crippen LogP contribution in [0.3, 0.4) is 0 Å². The maximum Gasteiger partial charge on any atom is 0.250 e. The van der Waals surface area contributed by atoms with Crippen LogP contribution in [0, 0.1) is 0 Å². The van der Waals surface area contributed by atoms with Crippen molar-refractivity contribution in [3.05, 3.63) is 17.0 Å². The van der Waals surface area contributed by atoms with Crippen LogP contribution in [0.15, 0.2) is 16.3 Å². The van der Waals surface area contributed by atoms with Gasteiger partial charge >= 0.3 is 0 Å². The largest absolute Gasteiger partial charge is 0.391 e. The quantitative estimate of drug-likeness (QED) is 0.849. The fourth-order valence-electron chi connectivity index (χ4n) is 1.73. The van der Waals surface area contributed by atoms with Crippen LogP contribution in [0.1, 0.15) is 18.2 Å². The Morgan fingerprint density at radius 2 is 2.35 bits per heavy atom. The van der Waals surface area contributed by atoms with E-state index in [0.29, 0.717) is 17.9 Å². The summed E-state index contributed by atoms with van der Waals surface area (Å²) in [4.78, 5) is 0.640. The molecule has 0 saturated carbocycles. The van der Waals surface area contributed by atoms with Crippen LogP contribution >= 0.6 is 11.3 Å². The van der Waals surface area contributed by atoms with Crippen molar-refractivity contribution in [1.29, 1.82) is 0 Å². The molecule has 1 aliphatic heterocycles. The summed E-state index contributed by atoms with van der Waals surface area (Å²) in [5.41, 5.74) is 0. The fourth-order valence-corrected chi connectivity index (χ4v) is 4.30. The van der Waals surface area contributed by atoms with Gasteiger partial charge in [-0.3, -0.25) is 0 Å². The van der Waals surface area contributed by atoms with Gasteiger partial charge in [0.2, 0.25) is 10.0 Å². The van der Waals surface area contributed by atoms with E-state index in [2.05, 4.69) is 4.72 Å². The molecule has 2 N–H and O–H groups in total. The van der Waals surface area contributed by atoms with Crippen LogP contribution in [0.5, 0.6) is 0 Å². The molecule has 0 aromatic carbocycles. The summed E-state index contributed by atoms with van der Waals surface area (Å²) in [6, 6.07) is 2.96. The first-order valence-corrected chi connectivity index (χ1v) is 7.66. The van der Waals surface area contributed by atoms with Gasteiger partial charge in [0.15, 0.2) is 0 Å². The van der Waals surface area contributed by atoms with E-state index in [4.69, 9.17) is 9.84 Å². The molecule has 2 atom stereocenters. The second-order valence-corrected chi connectivity index (χ2v) is 7.08. The third-order valence-corrected chi connectivity index (χ3v) is 5.79. The normalized spacial score (nSPS) is 25.3. The summed E-state index contributed by atoms with van der Waals surface area (Å²) in [5.74, 6) is 0. The maximum absolute atomic E-state index is 12.0. The van der Waals surface area contributed by atoms with Crippen molar-refractivity contribution in [2.24, 2.45) is 0 Å². The molecule has 1 saturated heterocycles. The summed E-state index contributed by atoms with van der Waals surface area (Å²) in [6.07, 6.45) is 0.598. The summed E-state index contributed by atoms with van der Waals surface area (Å²) in [5, 5.41) is 8.92. The predicted molar refractivity (Wildman–Crippen MR) is 64.4 cm³/mol. The zero-order chi connectivity index (χ0) is 12.5. The average Bonchev–Trinajstić information content (AvgIpc) is 2.88. The summed E-state index contributed by atoms with van der Waals surface area (Å²) >= 11 is 1.08. The van der Waals surface area contributed by atoms with E-state index in [9.17, 15) is 8.42 Å². The Morgan fingerprint density at radius 1 is 1.59 bits per heavy atom. The first-order chi connectivity index (χ1) is 8.03. The summed E-state index contributed by atoms with van der Waals surface area (Å²) < 4.78 is 32.2. The number of aliphatic hydroxyl groups excluding tert-OH is 1. The highest BCUT2D eigenvalue weighted by atomic mass is 32.2. The number of hydrogen-bond donors (Lipinski definition) is 2. The van der Waals surface area contributed by atoms with Crippen molar-refractivity contribution in [2.45, 2.75) is 36.3 Å². The van der Waals surface area contributed by atoms with Gasteiger partial charge in [-0.25, -0.2) is 13.1 Å². The van der Waals surface area contributed by atoms with Crippen molar-refractivity contribution in [2.75, 3.05) is 6.61 Å². The van der Waals surface area contributed by atoms with Gasteiger partial charge in [0.1, 0.15) is 4.21 Å². The maximum atomic E-state index is 12.0. The topological polar surface area (TPSA) is 75.6 Å². The minimum absolute atomic E-state index is 0.0953. The Hall–Kier alpha value is -0.470. The zero-order valence-corrected chi connectivity index (χ0v) is 11.1. The molecule has 1 fully saturated rings. The average molecular weight is 277 g/mol. The lowest BCUT2D eigenvalue weighted by molar-refractivity contribution is 0.117. The highest BCUT2D eigenvalue weighted by molar-refractivity contribution is 7.91. The van der Waals surface area contributed by atoms with Crippen LogP contribution in [0.25, 0.3) is 0 Å². The Labute approximate surface area is 104 Å². The van der Waals surface area contributed by atoms with Crippen molar-refractivity contribution in [1.82, 2.24) is 4.72 Å². The number of sulfonamides is 1. The van der Waals surface area contributed by atoms with Crippen molar-refractivity contribution >= 4 is 21.4 Å². The van der Waals surface area contributed by atoms with Crippen LogP contribution in [0.4, 0.5) is 0 Å². The minimum atomic E-state index is -3.49. The first kappa shape index (κ1) is 13.0. The SMILES string of the molecule is CC1OCCC1NS(=O)(=O)c1ccc(CO)s1. The smallest absolute Gasteiger partial charge is 0.250 e. The molecule has 0 aliphatic carbocycles. The number of rotatable bonds is 4. The minimum Gasteiger partial charge on any atom is -0.391 e. The number of nitrogens with one attached hydrogen (secondary N) is 1. The lowest BCUT2D eigenvalue weighted by Crippen LogP contribution is -2.38. The molecule has 2 heterocycles. The van der Waals surface area contributed by atoms with E-state index in [1.54, 1.807) is 6.07 Å². The Kier molecular flexibility index (Phi) is 3.84. The van der Waals surface area contributed by atoms with Crippen molar-refractivity contribution < 1.29 is 18.3 Å². The molecule has 17 heavy (non-hydrogen) atoms. The second kappa shape index (κ2) is 5.03. The highest BCUT2D eigenvalue weighted by Crippen LogP contribution is 2.23. The lowest BCUT2D eigenvalue weighted by Gasteiger charge is -2.15. The molecule has 0 radical (unpaired) electrons. The molecule has 1 aromatic heterocycles. The van der Waals surface area contributed by atoms with Crippen LogP contribution in [0.2, 0.25) is 0 Å². The fraction of sp³-hybridized carbons (Fsp3) is 0.600. The van der Waals surface area contributed by atoms with E-state index >= 15 is 0 Å². The van der Waals surface area contributed by atoms with E-state index in [1.807, 2.05) is 6.92 Å². The van der Waals surface area contributed by atoms with Gasteiger partial charge in [0, 0.05) is 11.5 Å². The number of thiophene rings is 1. The van der Waals surface area contributed by atoms with Gasteiger partial charge in [0.05, 0.1) is 18.8 Å². The van der Waals surface area contributed by atoms with E-state index < -0.39 is 10.0 Å². The number of ether oxygens (including phenoxy) is 1. The standard InChI is InChI=1S/C10H15NO4S2/c1-7-9(4-5-15-7)11-17(13,14)10-3-2-8(6-12)16-10/h2-3,7,9,11-12H,4-6H2,1H3. The van der Waals surface area contributed by atoms with Gasteiger partial charge in [-0.05, 0) is 25.5 Å². The molecule has 1 aliphatic rings. The molecule has 0 spiro atoms. The number of hydrogen-bond acceptors (Lipinski definition) is 5. The molecular weight excluding hydrogens is 262 g/mol. The second-order valence-electron chi connectivity index (χ2n) is 3.97. The third kappa shape index (κ3) is 2.86. The van der Waals surface area contributed by atoms with E-state index in [-0.39, 0.29) is 23.0 Å². The molecular formula is C10H15NO4S2. The van der Waals surface area contributed by atoms with Gasteiger partial charge in [-0.1, -0.05) is 0 Å². The third-order valence-electron chi connectivity index (χ3n) is 2.74. The summed E-state index contributed by atoms with van der Waals surface area (Å²) in [6.45, 7) is 2.30. The molecule has 2 rings (SSSR count). The predicted octanol–water partition coefficient (Wildman–Crippen LogP) is 0.696. The molecule has 7 heteroatoms. The molecule has 2 unspecified atom stereocenters. The van der Waals surface area contributed by atoms with E-state index in [0.717, 1.165) is 11.3 Å². The molecule has 5 nitrogen and oxygen atoms in total. The van der Waals surface area contributed by atoms with Crippen LogP contribution in [-0.4, -0.2) is 32.3 Å². The molecule has 0 amide bonds. The monoisotopic (exact) mass is 277 g/mol. The van der Waals surface area contributed by atoms with Crippen LogP contribution in [-0.2, 0) is 21.4 Å². The summed E-state index contributed by atoms with van der Waals surface area (Å²) in [7, 11) is -3.49. The first-order valence-electron chi connectivity index (χ1n) is 5.36. The molecule has 1 aromatic rings. The highest BCUT2D eigenvalue weighted by Gasteiger charge is 2.29. The Balaban J connectivity index is 2.13. The molecule has 0 bridgehead atoms. The molecule has 96 valence electrons. The van der Waals surface area contributed by atoms with Crippen LogP contribution < -0.4 is 4.72 Å². The Morgan fingerprint density at radius 3 is 2.88 bits per heavy atom. The van der Waals surface area contributed by atoms with Gasteiger partial charge in [-0.15, -0.1) is 11.3 Å². The van der Waals surface area contributed by atoms with E-state index in [1.165, 1.54) is 6.07 Å².